The number of esters is 1. The summed E-state index contributed by atoms with van der Waals surface area (Å²) >= 11 is 5.91. The lowest BCUT2D eigenvalue weighted by atomic mass is 10.2. The summed E-state index contributed by atoms with van der Waals surface area (Å²) in [6, 6.07) is 5.64. The fourth-order valence-corrected chi connectivity index (χ4v) is 1.65. The average molecular weight is 270 g/mol. The van der Waals surface area contributed by atoms with E-state index in [0.29, 0.717) is 18.0 Å². The van der Waals surface area contributed by atoms with Gasteiger partial charge in [-0.3, -0.25) is 4.79 Å². The number of carbonyl (C=O) groups excluding carboxylic acids is 1. The van der Waals surface area contributed by atoms with Gasteiger partial charge in [-0.15, -0.1) is 0 Å². The van der Waals surface area contributed by atoms with E-state index in [-0.39, 0.29) is 5.97 Å². The Bertz CT molecular complexity index is 424. The van der Waals surface area contributed by atoms with Crippen LogP contribution in [0.2, 0.25) is 5.02 Å². The van der Waals surface area contributed by atoms with Crippen LogP contribution in [0.5, 0.6) is 0 Å². The molecule has 0 heterocycles. The third-order valence-corrected chi connectivity index (χ3v) is 2.50. The van der Waals surface area contributed by atoms with Crippen LogP contribution >= 0.6 is 11.6 Å². The number of halogens is 1. The molecule has 0 fully saturated rings. The number of nitrogens with one attached hydrogen (secondary N) is 1. The first-order chi connectivity index (χ1) is 8.28. The Balaban J connectivity index is 2.42. The zero-order chi connectivity index (χ0) is 13.8. The van der Waals surface area contributed by atoms with Gasteiger partial charge in [-0.05, 0) is 45.4 Å². The SMILES string of the molecule is Cc1ccc(Cl)cc1NCCC(=O)OC(C)(C)C. The summed E-state index contributed by atoms with van der Waals surface area (Å²) < 4.78 is 5.22. The zero-order valence-electron chi connectivity index (χ0n) is 11.3. The van der Waals surface area contributed by atoms with Crippen molar-refractivity contribution in [3.05, 3.63) is 28.8 Å². The molecule has 1 aromatic rings. The molecule has 0 radical (unpaired) electrons. The van der Waals surface area contributed by atoms with E-state index in [0.717, 1.165) is 11.3 Å². The van der Waals surface area contributed by atoms with Gasteiger partial charge < -0.3 is 10.1 Å². The van der Waals surface area contributed by atoms with Gasteiger partial charge in [0.25, 0.3) is 0 Å². The predicted molar refractivity (Wildman–Crippen MR) is 75.1 cm³/mol. The first kappa shape index (κ1) is 14.8. The molecule has 1 rings (SSSR count). The number of carbonyl (C=O) groups is 1. The van der Waals surface area contributed by atoms with Gasteiger partial charge in [0.05, 0.1) is 6.42 Å². The summed E-state index contributed by atoms with van der Waals surface area (Å²) in [6.07, 6.45) is 0.337. The highest BCUT2D eigenvalue weighted by Gasteiger charge is 2.15. The summed E-state index contributed by atoms with van der Waals surface area (Å²) in [7, 11) is 0. The highest BCUT2D eigenvalue weighted by atomic mass is 35.5. The first-order valence-corrected chi connectivity index (χ1v) is 6.37. The van der Waals surface area contributed by atoms with Crippen molar-refractivity contribution in [3.63, 3.8) is 0 Å². The van der Waals surface area contributed by atoms with Crippen molar-refractivity contribution in [3.8, 4) is 0 Å². The van der Waals surface area contributed by atoms with Crippen molar-refractivity contribution in [2.24, 2.45) is 0 Å². The Morgan fingerprint density at radius 2 is 2.06 bits per heavy atom. The highest BCUT2D eigenvalue weighted by molar-refractivity contribution is 6.30. The summed E-state index contributed by atoms with van der Waals surface area (Å²) in [4.78, 5) is 11.5. The quantitative estimate of drug-likeness (QED) is 0.845. The standard InChI is InChI=1S/C14H20ClNO2/c1-10-5-6-11(15)9-12(10)16-8-7-13(17)18-14(2,3)4/h5-6,9,16H,7-8H2,1-4H3. The number of hydrogen-bond acceptors (Lipinski definition) is 3. The van der Waals surface area contributed by atoms with E-state index in [4.69, 9.17) is 16.3 Å². The molecular formula is C14H20ClNO2. The van der Waals surface area contributed by atoms with E-state index < -0.39 is 5.60 Å². The first-order valence-electron chi connectivity index (χ1n) is 6.00. The van der Waals surface area contributed by atoms with Crippen molar-refractivity contribution in [2.45, 2.75) is 39.7 Å². The highest BCUT2D eigenvalue weighted by Crippen LogP contribution is 2.20. The molecule has 0 atom stereocenters. The van der Waals surface area contributed by atoms with Crippen molar-refractivity contribution in [1.82, 2.24) is 0 Å². The van der Waals surface area contributed by atoms with Gasteiger partial charge in [-0.2, -0.15) is 0 Å². The molecule has 1 N–H and O–H groups in total. The second kappa shape index (κ2) is 6.10. The monoisotopic (exact) mass is 269 g/mol. The number of benzene rings is 1. The van der Waals surface area contributed by atoms with Gasteiger partial charge in [-0.25, -0.2) is 0 Å². The van der Waals surface area contributed by atoms with E-state index in [1.165, 1.54) is 0 Å². The molecule has 100 valence electrons. The Morgan fingerprint density at radius 3 is 2.67 bits per heavy atom. The maximum absolute atomic E-state index is 11.5. The summed E-state index contributed by atoms with van der Waals surface area (Å²) in [5, 5.41) is 3.87. The van der Waals surface area contributed by atoms with E-state index in [2.05, 4.69) is 5.32 Å². The number of ether oxygens (including phenoxy) is 1. The molecule has 18 heavy (non-hydrogen) atoms. The van der Waals surface area contributed by atoms with Crippen LogP contribution in [0.3, 0.4) is 0 Å². The maximum Gasteiger partial charge on any atom is 0.308 e. The minimum absolute atomic E-state index is 0.199. The van der Waals surface area contributed by atoms with Crippen molar-refractivity contribution in [2.75, 3.05) is 11.9 Å². The molecule has 0 aliphatic rings. The molecule has 0 unspecified atom stereocenters. The lowest BCUT2D eigenvalue weighted by Gasteiger charge is -2.19. The van der Waals surface area contributed by atoms with Crippen LogP contribution in [0.4, 0.5) is 5.69 Å². The Morgan fingerprint density at radius 1 is 1.39 bits per heavy atom. The Kier molecular flexibility index (Phi) is 5.03. The topological polar surface area (TPSA) is 38.3 Å². The van der Waals surface area contributed by atoms with Crippen molar-refractivity contribution < 1.29 is 9.53 Å². The molecular weight excluding hydrogens is 250 g/mol. The Labute approximate surface area is 113 Å². The average Bonchev–Trinajstić information content (AvgIpc) is 2.20. The lowest BCUT2D eigenvalue weighted by Crippen LogP contribution is -2.25. The summed E-state index contributed by atoms with van der Waals surface area (Å²) in [5.74, 6) is -0.199. The molecule has 0 aromatic heterocycles. The molecule has 3 nitrogen and oxygen atoms in total. The predicted octanol–water partition coefficient (Wildman–Crippen LogP) is 3.79. The fraction of sp³-hybridized carbons (Fsp3) is 0.500. The van der Waals surface area contributed by atoms with Gasteiger partial charge >= 0.3 is 5.97 Å². The van der Waals surface area contributed by atoms with Crippen molar-refractivity contribution >= 4 is 23.3 Å². The maximum atomic E-state index is 11.5. The zero-order valence-corrected chi connectivity index (χ0v) is 12.1. The van der Waals surface area contributed by atoms with E-state index >= 15 is 0 Å². The van der Waals surface area contributed by atoms with E-state index in [1.54, 1.807) is 0 Å². The summed E-state index contributed by atoms with van der Waals surface area (Å²) in [6.45, 7) is 8.11. The second-order valence-electron chi connectivity index (χ2n) is 5.22. The van der Waals surface area contributed by atoms with E-state index in [9.17, 15) is 4.79 Å². The smallest absolute Gasteiger partial charge is 0.308 e. The third kappa shape index (κ3) is 5.41. The van der Waals surface area contributed by atoms with Crippen LogP contribution in [-0.2, 0) is 9.53 Å². The largest absolute Gasteiger partial charge is 0.460 e. The van der Waals surface area contributed by atoms with Gasteiger partial charge in [0.15, 0.2) is 0 Å². The van der Waals surface area contributed by atoms with Gasteiger partial charge in [0.2, 0.25) is 0 Å². The van der Waals surface area contributed by atoms with Crippen LogP contribution in [0.25, 0.3) is 0 Å². The van der Waals surface area contributed by atoms with Crippen molar-refractivity contribution in [1.29, 1.82) is 0 Å². The molecule has 0 saturated heterocycles. The number of rotatable bonds is 4. The van der Waals surface area contributed by atoms with Crippen LogP contribution < -0.4 is 5.32 Å². The minimum atomic E-state index is -0.428. The van der Waals surface area contributed by atoms with Crippen LogP contribution in [0, 0.1) is 6.92 Å². The van der Waals surface area contributed by atoms with E-state index in [1.807, 2.05) is 45.9 Å². The number of anilines is 1. The van der Waals surface area contributed by atoms with Gasteiger partial charge in [0, 0.05) is 17.3 Å². The van der Waals surface area contributed by atoms with Crippen LogP contribution in [-0.4, -0.2) is 18.1 Å². The third-order valence-electron chi connectivity index (χ3n) is 2.26. The molecule has 0 aliphatic heterocycles. The number of aryl methyl sites for hydroxylation is 1. The molecule has 0 saturated carbocycles. The molecule has 4 heteroatoms. The fourth-order valence-electron chi connectivity index (χ4n) is 1.48. The molecule has 1 aromatic carbocycles. The molecule has 0 aliphatic carbocycles. The Hall–Kier alpha value is -1.22. The van der Waals surface area contributed by atoms with Crippen LogP contribution in [0.1, 0.15) is 32.8 Å². The molecule has 0 spiro atoms. The van der Waals surface area contributed by atoms with Crippen LogP contribution in [0.15, 0.2) is 18.2 Å². The number of hydrogen-bond donors (Lipinski definition) is 1. The van der Waals surface area contributed by atoms with Gasteiger partial charge in [-0.1, -0.05) is 17.7 Å². The minimum Gasteiger partial charge on any atom is -0.460 e. The summed E-state index contributed by atoms with van der Waals surface area (Å²) in [5.41, 5.74) is 1.62. The molecule has 0 amide bonds. The van der Waals surface area contributed by atoms with Gasteiger partial charge in [0.1, 0.15) is 5.60 Å². The molecule has 0 bridgehead atoms. The second-order valence-corrected chi connectivity index (χ2v) is 5.66. The normalized spacial score (nSPS) is 11.2. The lowest BCUT2D eigenvalue weighted by molar-refractivity contribution is -0.154.